The molecule has 0 spiro atoms. The van der Waals surface area contributed by atoms with Crippen LogP contribution in [0.3, 0.4) is 0 Å². The Balaban J connectivity index is 1.62. The van der Waals surface area contributed by atoms with Crippen molar-refractivity contribution in [2.45, 2.75) is 25.9 Å². The number of esters is 1. The minimum atomic E-state index is -1.13. The van der Waals surface area contributed by atoms with Crippen LogP contribution < -0.4 is 4.90 Å². The first kappa shape index (κ1) is 24.3. The van der Waals surface area contributed by atoms with Crippen molar-refractivity contribution in [3.05, 3.63) is 93.9 Å². The summed E-state index contributed by atoms with van der Waals surface area (Å²) in [5.41, 5.74) is 0.448. The molecular formula is C25H21N3O8. The van der Waals surface area contributed by atoms with E-state index >= 15 is 0 Å². The van der Waals surface area contributed by atoms with Gasteiger partial charge in [0.25, 0.3) is 17.5 Å². The van der Waals surface area contributed by atoms with E-state index in [1.54, 1.807) is 19.1 Å². The highest BCUT2D eigenvalue weighted by Crippen LogP contribution is 2.28. The highest BCUT2D eigenvalue weighted by atomic mass is 16.6. The third kappa shape index (κ3) is 4.85. The molecular weight excluding hydrogens is 470 g/mol. The van der Waals surface area contributed by atoms with Crippen molar-refractivity contribution >= 4 is 35.1 Å². The van der Waals surface area contributed by atoms with Crippen LogP contribution in [0.25, 0.3) is 0 Å². The number of nitrogens with zero attached hydrogens (tertiary/aromatic N) is 3. The van der Waals surface area contributed by atoms with Crippen LogP contribution in [-0.2, 0) is 20.9 Å². The number of rotatable bonds is 8. The molecule has 0 bridgehead atoms. The number of nitro groups is 1. The Morgan fingerprint density at radius 1 is 1.08 bits per heavy atom. The molecule has 1 aromatic heterocycles. The quantitative estimate of drug-likeness (QED) is 0.202. The lowest BCUT2D eigenvalue weighted by Gasteiger charge is -2.27. The molecule has 11 nitrogen and oxygen atoms in total. The summed E-state index contributed by atoms with van der Waals surface area (Å²) in [6.45, 7) is 1.79. The van der Waals surface area contributed by atoms with Crippen LogP contribution in [0.4, 0.5) is 11.4 Å². The smallest absolute Gasteiger partial charge is 0.338 e. The molecule has 3 amide bonds. The van der Waals surface area contributed by atoms with Crippen LogP contribution in [0.5, 0.6) is 0 Å². The number of imide groups is 1. The third-order valence-corrected chi connectivity index (χ3v) is 5.63. The molecule has 1 aliphatic rings. The number of furan rings is 1. The number of carbonyl (C=O) groups excluding carboxylic acids is 4. The van der Waals surface area contributed by atoms with Crippen molar-refractivity contribution in [2.24, 2.45) is 0 Å². The van der Waals surface area contributed by atoms with Crippen LogP contribution in [-0.4, -0.2) is 46.2 Å². The summed E-state index contributed by atoms with van der Waals surface area (Å²) in [5.74, 6) is -1.87. The maximum Gasteiger partial charge on any atom is 0.338 e. The van der Waals surface area contributed by atoms with Crippen molar-refractivity contribution in [2.75, 3.05) is 11.5 Å². The van der Waals surface area contributed by atoms with E-state index in [4.69, 9.17) is 9.15 Å². The zero-order valence-corrected chi connectivity index (χ0v) is 19.2. The first-order chi connectivity index (χ1) is 17.3. The first-order valence-electron chi connectivity index (χ1n) is 11.0. The molecule has 0 saturated carbocycles. The number of hydrogen-bond donors (Lipinski definition) is 0. The largest absolute Gasteiger partial charge is 0.467 e. The highest BCUT2D eigenvalue weighted by Gasteiger charge is 2.44. The molecule has 0 N–H and O–H groups in total. The SMILES string of the molecule is CCOC(=O)c1ccc(N2C(=O)CC(N(Cc3ccco3)C(=O)c3ccc([N+](=O)[O-])cc3)C2=O)cc1. The Morgan fingerprint density at radius 2 is 1.75 bits per heavy atom. The zero-order valence-electron chi connectivity index (χ0n) is 19.2. The molecule has 0 radical (unpaired) electrons. The predicted octanol–water partition coefficient (Wildman–Crippen LogP) is 3.34. The Labute approximate surface area is 205 Å². The number of anilines is 1. The molecule has 1 unspecified atom stereocenters. The van der Waals surface area contributed by atoms with E-state index < -0.39 is 34.7 Å². The van der Waals surface area contributed by atoms with E-state index in [0.29, 0.717) is 5.76 Å². The lowest BCUT2D eigenvalue weighted by Crippen LogP contribution is -2.45. The number of ether oxygens (including phenoxy) is 1. The second-order valence-electron chi connectivity index (χ2n) is 7.87. The monoisotopic (exact) mass is 491 g/mol. The van der Waals surface area contributed by atoms with Crippen LogP contribution in [0.1, 0.15) is 39.8 Å². The van der Waals surface area contributed by atoms with E-state index in [1.165, 1.54) is 59.7 Å². The molecule has 184 valence electrons. The molecule has 4 rings (SSSR count). The maximum atomic E-state index is 13.4. The number of amides is 3. The summed E-state index contributed by atoms with van der Waals surface area (Å²) in [7, 11) is 0. The summed E-state index contributed by atoms with van der Waals surface area (Å²) in [4.78, 5) is 64.1. The van der Waals surface area contributed by atoms with E-state index in [2.05, 4.69) is 0 Å². The van der Waals surface area contributed by atoms with Crippen LogP contribution >= 0.6 is 0 Å². The maximum absolute atomic E-state index is 13.4. The molecule has 2 aromatic carbocycles. The lowest BCUT2D eigenvalue weighted by molar-refractivity contribution is -0.384. The van der Waals surface area contributed by atoms with Gasteiger partial charge >= 0.3 is 5.97 Å². The van der Waals surface area contributed by atoms with E-state index in [1.807, 2.05) is 0 Å². The van der Waals surface area contributed by atoms with Crippen molar-refractivity contribution in [3.63, 3.8) is 0 Å². The summed E-state index contributed by atoms with van der Waals surface area (Å²) >= 11 is 0. The summed E-state index contributed by atoms with van der Waals surface area (Å²) in [5, 5.41) is 11.0. The normalized spacial score (nSPS) is 15.1. The van der Waals surface area contributed by atoms with Crippen LogP contribution in [0.15, 0.2) is 71.3 Å². The van der Waals surface area contributed by atoms with Gasteiger partial charge in [0.15, 0.2) is 0 Å². The van der Waals surface area contributed by atoms with Gasteiger partial charge in [-0.3, -0.25) is 24.5 Å². The van der Waals surface area contributed by atoms with Gasteiger partial charge in [-0.2, -0.15) is 0 Å². The molecule has 0 aliphatic carbocycles. The summed E-state index contributed by atoms with van der Waals surface area (Å²) in [6.07, 6.45) is 1.15. The standard InChI is InChI=1S/C25H21N3O8/c1-2-35-25(32)17-7-9-18(10-8-17)27-22(29)14-21(24(27)31)26(15-20-4-3-13-36-20)23(30)16-5-11-19(12-6-16)28(33)34/h3-13,21H,2,14-15H2,1H3. The van der Waals surface area contributed by atoms with Gasteiger partial charge in [-0.05, 0) is 55.5 Å². The highest BCUT2D eigenvalue weighted by molar-refractivity contribution is 6.23. The van der Waals surface area contributed by atoms with Gasteiger partial charge in [-0.1, -0.05) is 0 Å². The number of benzene rings is 2. The minimum Gasteiger partial charge on any atom is -0.467 e. The average Bonchev–Trinajstić information content (AvgIpc) is 3.49. The van der Waals surface area contributed by atoms with Crippen molar-refractivity contribution in [1.29, 1.82) is 0 Å². The number of hydrogen-bond acceptors (Lipinski definition) is 8. The van der Waals surface area contributed by atoms with E-state index in [0.717, 1.165) is 4.90 Å². The van der Waals surface area contributed by atoms with Crippen molar-refractivity contribution in [3.8, 4) is 0 Å². The zero-order chi connectivity index (χ0) is 25.8. The second kappa shape index (κ2) is 10.2. The van der Waals surface area contributed by atoms with Gasteiger partial charge < -0.3 is 14.1 Å². The first-order valence-corrected chi connectivity index (χ1v) is 11.0. The van der Waals surface area contributed by atoms with Crippen LogP contribution in [0, 0.1) is 10.1 Å². The van der Waals surface area contributed by atoms with E-state index in [-0.39, 0.29) is 42.1 Å². The Morgan fingerprint density at radius 3 is 2.33 bits per heavy atom. The molecule has 1 fully saturated rings. The summed E-state index contributed by atoms with van der Waals surface area (Å²) < 4.78 is 10.3. The second-order valence-corrected chi connectivity index (χ2v) is 7.87. The molecule has 1 aliphatic heterocycles. The fourth-order valence-corrected chi connectivity index (χ4v) is 3.88. The Bertz CT molecular complexity index is 1300. The topological polar surface area (TPSA) is 140 Å². The average molecular weight is 491 g/mol. The lowest BCUT2D eigenvalue weighted by atomic mass is 10.1. The van der Waals surface area contributed by atoms with Crippen molar-refractivity contribution < 1.29 is 33.3 Å². The third-order valence-electron chi connectivity index (χ3n) is 5.63. The number of carbonyl (C=O) groups is 4. The minimum absolute atomic E-state index is 0.0951. The van der Waals surface area contributed by atoms with Gasteiger partial charge in [0.05, 0.1) is 42.0 Å². The van der Waals surface area contributed by atoms with Crippen molar-refractivity contribution in [1.82, 2.24) is 4.90 Å². The Kier molecular flexibility index (Phi) is 6.91. The predicted molar refractivity (Wildman–Crippen MR) is 125 cm³/mol. The molecule has 1 saturated heterocycles. The molecule has 36 heavy (non-hydrogen) atoms. The van der Waals surface area contributed by atoms with Crippen LogP contribution in [0.2, 0.25) is 0 Å². The van der Waals surface area contributed by atoms with Gasteiger partial charge in [0.1, 0.15) is 11.8 Å². The van der Waals surface area contributed by atoms with Gasteiger partial charge in [0.2, 0.25) is 5.91 Å². The van der Waals surface area contributed by atoms with E-state index in [9.17, 15) is 29.3 Å². The molecule has 1 atom stereocenters. The van der Waals surface area contributed by atoms with Gasteiger partial charge in [-0.25, -0.2) is 9.69 Å². The number of nitro benzene ring substituents is 1. The molecule has 11 heteroatoms. The van der Waals surface area contributed by atoms with Gasteiger partial charge in [-0.15, -0.1) is 0 Å². The molecule has 3 aromatic rings. The van der Waals surface area contributed by atoms with Gasteiger partial charge in [0, 0.05) is 17.7 Å². The fraction of sp³-hybridized carbons (Fsp3) is 0.200. The summed E-state index contributed by atoms with van der Waals surface area (Å²) in [6, 6.07) is 12.9. The number of non-ortho nitro benzene ring substituents is 1. The Hall–Kier alpha value is -4.80. The molecule has 2 heterocycles. The fourth-order valence-electron chi connectivity index (χ4n) is 3.88.